The van der Waals surface area contributed by atoms with Crippen LogP contribution in [0.5, 0.6) is 0 Å². The van der Waals surface area contributed by atoms with Crippen LogP contribution in [0, 0.1) is 12.7 Å². The molecule has 1 aromatic carbocycles. The molecule has 5 nitrogen and oxygen atoms in total. The van der Waals surface area contributed by atoms with Crippen LogP contribution in [0.25, 0.3) is 10.8 Å². The minimum absolute atomic E-state index is 0.0358. The molecule has 0 unspecified atom stereocenters. The van der Waals surface area contributed by atoms with E-state index >= 15 is 0 Å². The van der Waals surface area contributed by atoms with E-state index in [1.807, 2.05) is 18.4 Å². The number of carbonyl (C=O) groups is 1. The van der Waals surface area contributed by atoms with Gasteiger partial charge < -0.3 is 9.73 Å². The minimum atomic E-state index is -0.346. The van der Waals surface area contributed by atoms with Crippen LogP contribution in [0.15, 0.2) is 40.1 Å². The number of rotatable bonds is 5. The number of carbonyl (C=O) groups excluding carboxylic acids is 1. The van der Waals surface area contributed by atoms with Crippen LogP contribution in [-0.4, -0.2) is 16.1 Å². The fourth-order valence-corrected chi connectivity index (χ4v) is 2.89. The molecule has 23 heavy (non-hydrogen) atoms. The van der Waals surface area contributed by atoms with Crippen LogP contribution >= 0.6 is 11.3 Å². The molecule has 0 spiro atoms. The first-order valence-corrected chi connectivity index (χ1v) is 7.88. The highest BCUT2D eigenvalue weighted by molar-refractivity contribution is 7.13. The molecule has 1 amide bonds. The first kappa shape index (κ1) is 15.4. The van der Waals surface area contributed by atoms with Crippen molar-refractivity contribution in [1.82, 2.24) is 15.5 Å². The van der Waals surface area contributed by atoms with Crippen LogP contribution in [0.4, 0.5) is 4.39 Å². The maximum absolute atomic E-state index is 13.5. The summed E-state index contributed by atoms with van der Waals surface area (Å²) < 4.78 is 19.0. The van der Waals surface area contributed by atoms with Gasteiger partial charge in [0.1, 0.15) is 12.2 Å². The highest BCUT2D eigenvalue weighted by Gasteiger charge is 2.14. The van der Waals surface area contributed by atoms with Crippen molar-refractivity contribution in [2.24, 2.45) is 0 Å². The summed E-state index contributed by atoms with van der Waals surface area (Å²) in [5.41, 5.74) is 1.48. The number of nitrogens with zero attached hydrogens (tertiary/aromatic N) is 2. The van der Waals surface area contributed by atoms with Crippen molar-refractivity contribution in [3.05, 3.63) is 58.5 Å². The Labute approximate surface area is 136 Å². The highest BCUT2D eigenvalue weighted by atomic mass is 32.1. The molecule has 0 atom stereocenters. The lowest BCUT2D eigenvalue weighted by atomic mass is 10.2. The molecule has 0 fully saturated rings. The second-order valence-corrected chi connectivity index (χ2v) is 5.89. The minimum Gasteiger partial charge on any atom is -0.419 e. The average Bonchev–Trinajstić information content (AvgIpc) is 3.15. The molecule has 0 bridgehead atoms. The molecule has 0 aliphatic carbocycles. The van der Waals surface area contributed by atoms with Gasteiger partial charge in [0.15, 0.2) is 0 Å². The van der Waals surface area contributed by atoms with Crippen molar-refractivity contribution in [3.8, 4) is 10.8 Å². The van der Waals surface area contributed by atoms with E-state index in [0.717, 1.165) is 10.4 Å². The Morgan fingerprint density at radius 1 is 1.30 bits per heavy atom. The lowest BCUT2D eigenvalue weighted by Crippen LogP contribution is -2.25. The SMILES string of the molecule is Cc1ccsc1-c1nnc(CC(=O)NCc2ccccc2F)o1. The zero-order valence-electron chi connectivity index (χ0n) is 12.4. The van der Waals surface area contributed by atoms with E-state index in [9.17, 15) is 9.18 Å². The Kier molecular flexibility index (Phi) is 4.47. The number of amides is 1. The molecule has 1 N–H and O–H groups in total. The van der Waals surface area contributed by atoms with Crippen molar-refractivity contribution in [2.45, 2.75) is 19.9 Å². The number of thiophene rings is 1. The zero-order chi connectivity index (χ0) is 16.2. The van der Waals surface area contributed by atoms with E-state index in [1.54, 1.807) is 18.2 Å². The van der Waals surface area contributed by atoms with Gasteiger partial charge in [0.25, 0.3) is 5.89 Å². The predicted octanol–water partition coefficient (Wildman–Crippen LogP) is 3.10. The quantitative estimate of drug-likeness (QED) is 0.780. The Morgan fingerprint density at radius 3 is 2.87 bits per heavy atom. The molecule has 0 saturated heterocycles. The van der Waals surface area contributed by atoms with Crippen LogP contribution in [0.3, 0.4) is 0 Å². The summed E-state index contributed by atoms with van der Waals surface area (Å²) in [5, 5.41) is 12.4. The summed E-state index contributed by atoms with van der Waals surface area (Å²) in [7, 11) is 0. The van der Waals surface area contributed by atoms with Gasteiger partial charge in [-0.1, -0.05) is 18.2 Å². The monoisotopic (exact) mass is 331 g/mol. The summed E-state index contributed by atoms with van der Waals surface area (Å²) in [6.07, 6.45) is -0.0358. The van der Waals surface area contributed by atoms with Gasteiger partial charge in [0, 0.05) is 12.1 Å². The topological polar surface area (TPSA) is 68.0 Å². The van der Waals surface area contributed by atoms with Crippen LogP contribution in [0.1, 0.15) is 17.0 Å². The standard InChI is InChI=1S/C16H14FN3O2S/c1-10-6-7-23-15(10)16-20-19-14(22-16)8-13(21)18-9-11-4-2-3-5-12(11)17/h2-7H,8-9H2,1H3,(H,18,21). The van der Waals surface area contributed by atoms with Gasteiger partial charge in [-0.05, 0) is 30.0 Å². The summed E-state index contributed by atoms with van der Waals surface area (Å²) in [4.78, 5) is 12.8. The lowest BCUT2D eigenvalue weighted by molar-refractivity contribution is -0.120. The van der Waals surface area contributed by atoms with Crippen LogP contribution < -0.4 is 5.32 Å². The van der Waals surface area contributed by atoms with Crippen molar-refractivity contribution in [1.29, 1.82) is 0 Å². The van der Waals surface area contributed by atoms with Gasteiger partial charge in [-0.2, -0.15) is 0 Å². The number of nitrogens with one attached hydrogen (secondary N) is 1. The van der Waals surface area contributed by atoms with E-state index in [2.05, 4.69) is 15.5 Å². The molecule has 7 heteroatoms. The third-order valence-electron chi connectivity index (χ3n) is 3.27. The van der Waals surface area contributed by atoms with Gasteiger partial charge >= 0.3 is 0 Å². The maximum atomic E-state index is 13.5. The van der Waals surface area contributed by atoms with Crippen molar-refractivity contribution in [3.63, 3.8) is 0 Å². The van der Waals surface area contributed by atoms with Crippen molar-refractivity contribution >= 4 is 17.2 Å². The molecule has 0 aliphatic heterocycles. The molecule has 118 valence electrons. The molecule has 3 aromatic rings. The Morgan fingerprint density at radius 2 is 2.13 bits per heavy atom. The number of hydrogen-bond donors (Lipinski definition) is 1. The van der Waals surface area contributed by atoms with Gasteiger partial charge in [-0.25, -0.2) is 4.39 Å². The molecular formula is C16H14FN3O2S. The molecule has 2 heterocycles. The molecule has 2 aromatic heterocycles. The van der Waals surface area contributed by atoms with E-state index in [0.29, 0.717) is 11.5 Å². The first-order chi connectivity index (χ1) is 11.1. The summed E-state index contributed by atoms with van der Waals surface area (Å²) in [5.74, 6) is 0.000592. The predicted molar refractivity (Wildman–Crippen MR) is 84.3 cm³/mol. The smallest absolute Gasteiger partial charge is 0.258 e. The van der Waals surface area contributed by atoms with Crippen LogP contribution in [0.2, 0.25) is 0 Å². The van der Waals surface area contributed by atoms with Crippen LogP contribution in [-0.2, 0) is 17.8 Å². The Bertz CT molecular complexity index is 828. The highest BCUT2D eigenvalue weighted by Crippen LogP contribution is 2.27. The van der Waals surface area contributed by atoms with Crippen molar-refractivity contribution < 1.29 is 13.6 Å². The maximum Gasteiger partial charge on any atom is 0.258 e. The second kappa shape index (κ2) is 6.70. The van der Waals surface area contributed by atoms with E-state index in [4.69, 9.17) is 4.42 Å². The van der Waals surface area contributed by atoms with E-state index in [-0.39, 0.29) is 30.6 Å². The molecular weight excluding hydrogens is 317 g/mol. The zero-order valence-corrected chi connectivity index (χ0v) is 13.2. The summed E-state index contributed by atoms with van der Waals surface area (Å²) in [6, 6.07) is 8.27. The molecule has 0 saturated carbocycles. The van der Waals surface area contributed by atoms with Gasteiger partial charge in [-0.15, -0.1) is 21.5 Å². The third kappa shape index (κ3) is 3.62. The van der Waals surface area contributed by atoms with E-state index < -0.39 is 0 Å². The number of aromatic nitrogens is 2. The number of benzene rings is 1. The Balaban J connectivity index is 1.59. The van der Waals surface area contributed by atoms with Gasteiger partial charge in [0.2, 0.25) is 11.8 Å². The van der Waals surface area contributed by atoms with E-state index in [1.165, 1.54) is 17.4 Å². The number of aryl methyl sites for hydroxylation is 1. The normalized spacial score (nSPS) is 10.7. The summed E-state index contributed by atoms with van der Waals surface area (Å²) in [6.45, 7) is 2.08. The lowest BCUT2D eigenvalue weighted by Gasteiger charge is -2.04. The first-order valence-electron chi connectivity index (χ1n) is 7.00. The van der Waals surface area contributed by atoms with Crippen molar-refractivity contribution in [2.75, 3.05) is 0 Å². The van der Waals surface area contributed by atoms with Gasteiger partial charge in [-0.3, -0.25) is 4.79 Å². The fraction of sp³-hybridized carbons (Fsp3) is 0.188. The molecule has 0 aliphatic rings. The Hall–Kier alpha value is -2.54. The third-order valence-corrected chi connectivity index (χ3v) is 4.27. The fourth-order valence-electron chi connectivity index (χ4n) is 2.04. The summed E-state index contributed by atoms with van der Waals surface area (Å²) >= 11 is 1.51. The average molecular weight is 331 g/mol. The van der Waals surface area contributed by atoms with Gasteiger partial charge in [0.05, 0.1) is 4.88 Å². The number of halogens is 1. The second-order valence-electron chi connectivity index (χ2n) is 4.98. The molecule has 0 radical (unpaired) electrons. The largest absolute Gasteiger partial charge is 0.419 e. The molecule has 3 rings (SSSR count). The number of hydrogen-bond acceptors (Lipinski definition) is 5.